The number of nitrogens with zero attached hydrogens (tertiary/aromatic N) is 2. The van der Waals surface area contributed by atoms with E-state index in [-0.39, 0.29) is 24.2 Å². The average molecular weight is 321 g/mol. The summed E-state index contributed by atoms with van der Waals surface area (Å²) in [5.41, 5.74) is 1.01. The second kappa shape index (κ2) is 8.62. The Morgan fingerprint density at radius 2 is 1.78 bits per heavy atom. The molecule has 0 aromatic heterocycles. The molecule has 126 valence electrons. The molecular formula is C17H24FN3O2. The fraction of sp³-hybridized carbons (Fsp3) is 0.529. The van der Waals surface area contributed by atoms with E-state index in [9.17, 15) is 14.0 Å². The molecule has 0 unspecified atom stereocenters. The van der Waals surface area contributed by atoms with E-state index in [1.54, 1.807) is 17.0 Å². The van der Waals surface area contributed by atoms with Crippen LogP contribution in [0.5, 0.6) is 0 Å². The van der Waals surface area contributed by atoms with Gasteiger partial charge in [-0.15, -0.1) is 0 Å². The fourth-order valence-corrected chi connectivity index (χ4v) is 2.53. The summed E-state index contributed by atoms with van der Waals surface area (Å²) in [6.07, 6.45) is 1.77. The smallest absolute Gasteiger partial charge is 0.242 e. The minimum Gasteiger partial charge on any atom is -0.347 e. The number of likely N-dealkylation sites (N-methyl/N-ethyl adjacent to an activating group) is 1. The van der Waals surface area contributed by atoms with Gasteiger partial charge in [-0.1, -0.05) is 12.1 Å². The van der Waals surface area contributed by atoms with Crippen LogP contribution < -0.4 is 5.32 Å². The van der Waals surface area contributed by atoms with Gasteiger partial charge in [0.05, 0.1) is 6.54 Å². The lowest BCUT2D eigenvalue weighted by Gasteiger charge is -2.32. The molecule has 6 heteroatoms. The average Bonchev–Trinajstić information content (AvgIpc) is 2.55. The molecular weight excluding hydrogens is 297 g/mol. The number of hydrogen-bond acceptors (Lipinski definition) is 3. The van der Waals surface area contributed by atoms with Crippen LogP contribution in [0, 0.1) is 5.82 Å². The molecule has 1 fully saturated rings. The van der Waals surface area contributed by atoms with Crippen molar-refractivity contribution in [3.63, 3.8) is 0 Å². The first-order valence-corrected chi connectivity index (χ1v) is 8.02. The van der Waals surface area contributed by atoms with E-state index in [0.29, 0.717) is 12.8 Å². The van der Waals surface area contributed by atoms with Gasteiger partial charge in [-0.25, -0.2) is 4.39 Å². The Labute approximate surface area is 136 Å². The van der Waals surface area contributed by atoms with Crippen LogP contribution in [0.4, 0.5) is 4.39 Å². The number of rotatable bonds is 6. The topological polar surface area (TPSA) is 52.6 Å². The minimum atomic E-state index is -0.256. The number of nitrogens with one attached hydrogen (secondary N) is 1. The molecule has 1 aromatic carbocycles. The number of aryl methyl sites for hydroxylation is 1. The van der Waals surface area contributed by atoms with E-state index >= 15 is 0 Å². The molecule has 1 aromatic rings. The minimum absolute atomic E-state index is 0.0232. The molecule has 0 radical (unpaired) electrons. The van der Waals surface area contributed by atoms with Crippen LogP contribution in [0.15, 0.2) is 24.3 Å². The summed E-state index contributed by atoms with van der Waals surface area (Å²) in [4.78, 5) is 27.7. The largest absolute Gasteiger partial charge is 0.347 e. The number of hydrogen-bond donors (Lipinski definition) is 1. The van der Waals surface area contributed by atoms with Crippen LogP contribution in [0.1, 0.15) is 18.4 Å². The summed E-state index contributed by atoms with van der Waals surface area (Å²) in [6.45, 7) is 3.25. The van der Waals surface area contributed by atoms with Gasteiger partial charge in [0.25, 0.3) is 0 Å². The van der Waals surface area contributed by atoms with Gasteiger partial charge in [-0.2, -0.15) is 0 Å². The summed E-state index contributed by atoms with van der Waals surface area (Å²) in [5.74, 6) is -0.395. The zero-order chi connectivity index (χ0) is 16.7. The summed E-state index contributed by atoms with van der Waals surface area (Å²) in [7, 11) is 2.03. The van der Waals surface area contributed by atoms with Gasteiger partial charge < -0.3 is 15.1 Å². The molecule has 2 rings (SSSR count). The first-order chi connectivity index (χ1) is 11.0. The van der Waals surface area contributed by atoms with Gasteiger partial charge in [-0.05, 0) is 37.6 Å². The maximum atomic E-state index is 12.8. The first kappa shape index (κ1) is 17.4. The molecule has 23 heavy (non-hydrogen) atoms. The highest BCUT2D eigenvalue weighted by atomic mass is 19.1. The Hall–Kier alpha value is -1.95. The quantitative estimate of drug-likeness (QED) is 0.852. The highest BCUT2D eigenvalue weighted by Crippen LogP contribution is 2.07. The Morgan fingerprint density at radius 3 is 2.43 bits per heavy atom. The van der Waals surface area contributed by atoms with Crippen LogP contribution >= 0.6 is 0 Å². The molecule has 0 bridgehead atoms. The lowest BCUT2D eigenvalue weighted by Crippen LogP contribution is -2.50. The maximum Gasteiger partial charge on any atom is 0.242 e. The number of halogens is 1. The van der Waals surface area contributed by atoms with Gasteiger partial charge >= 0.3 is 0 Å². The molecule has 2 amide bonds. The van der Waals surface area contributed by atoms with Crippen LogP contribution in [0.3, 0.4) is 0 Å². The molecule has 0 aliphatic carbocycles. The molecule has 1 N–H and O–H groups in total. The zero-order valence-electron chi connectivity index (χ0n) is 13.6. The van der Waals surface area contributed by atoms with Crippen LogP contribution in [-0.2, 0) is 16.0 Å². The monoisotopic (exact) mass is 321 g/mol. The van der Waals surface area contributed by atoms with E-state index in [4.69, 9.17) is 0 Å². The molecule has 0 atom stereocenters. The molecule has 1 heterocycles. The van der Waals surface area contributed by atoms with Gasteiger partial charge in [0, 0.05) is 32.6 Å². The van der Waals surface area contributed by atoms with E-state index < -0.39 is 0 Å². The number of amides is 2. The number of carbonyl (C=O) groups excluding carboxylic acids is 2. The maximum absolute atomic E-state index is 12.8. The zero-order valence-corrected chi connectivity index (χ0v) is 13.6. The Morgan fingerprint density at radius 1 is 1.13 bits per heavy atom. The summed E-state index contributed by atoms with van der Waals surface area (Å²) in [5, 5.41) is 2.68. The van der Waals surface area contributed by atoms with Crippen LogP contribution in [-0.4, -0.2) is 61.4 Å². The SMILES string of the molecule is CN1CCN(C(=O)CNC(=O)CCCc2ccc(F)cc2)CC1. The molecule has 1 aliphatic rings. The van der Waals surface area contributed by atoms with Crippen molar-refractivity contribution in [2.75, 3.05) is 39.8 Å². The van der Waals surface area contributed by atoms with Crippen molar-refractivity contribution in [1.82, 2.24) is 15.1 Å². The van der Waals surface area contributed by atoms with Crippen LogP contribution in [0.2, 0.25) is 0 Å². The Bertz CT molecular complexity index is 525. The van der Waals surface area contributed by atoms with Crippen molar-refractivity contribution in [2.24, 2.45) is 0 Å². The highest BCUT2D eigenvalue weighted by molar-refractivity contribution is 5.84. The lowest BCUT2D eigenvalue weighted by atomic mass is 10.1. The van der Waals surface area contributed by atoms with Crippen molar-refractivity contribution in [3.8, 4) is 0 Å². The van der Waals surface area contributed by atoms with E-state index in [1.165, 1.54) is 12.1 Å². The van der Waals surface area contributed by atoms with Crippen molar-refractivity contribution >= 4 is 11.8 Å². The van der Waals surface area contributed by atoms with Crippen LogP contribution in [0.25, 0.3) is 0 Å². The third kappa shape index (κ3) is 5.98. The first-order valence-electron chi connectivity index (χ1n) is 8.02. The number of benzene rings is 1. The third-order valence-corrected chi connectivity index (χ3v) is 4.08. The van der Waals surface area contributed by atoms with Crippen molar-refractivity contribution in [1.29, 1.82) is 0 Å². The Kier molecular flexibility index (Phi) is 6.52. The number of carbonyl (C=O) groups is 2. The Balaban J connectivity index is 1.61. The van der Waals surface area contributed by atoms with Crippen molar-refractivity contribution in [3.05, 3.63) is 35.6 Å². The predicted octanol–water partition coefficient (Wildman–Crippen LogP) is 1.04. The van der Waals surface area contributed by atoms with E-state index in [0.717, 1.165) is 38.2 Å². The van der Waals surface area contributed by atoms with E-state index in [2.05, 4.69) is 10.2 Å². The molecule has 0 spiro atoms. The molecule has 1 saturated heterocycles. The summed E-state index contributed by atoms with van der Waals surface area (Å²) in [6, 6.07) is 6.29. The van der Waals surface area contributed by atoms with Gasteiger partial charge in [-0.3, -0.25) is 9.59 Å². The van der Waals surface area contributed by atoms with Crippen molar-refractivity contribution < 1.29 is 14.0 Å². The van der Waals surface area contributed by atoms with Crippen molar-refractivity contribution in [2.45, 2.75) is 19.3 Å². The third-order valence-electron chi connectivity index (χ3n) is 4.08. The van der Waals surface area contributed by atoms with Gasteiger partial charge in [0.2, 0.25) is 11.8 Å². The standard InChI is InChI=1S/C17H24FN3O2/c1-20-9-11-21(12-10-20)17(23)13-19-16(22)4-2-3-14-5-7-15(18)8-6-14/h5-8H,2-4,9-13H2,1H3,(H,19,22). The predicted molar refractivity (Wildman–Crippen MR) is 86.4 cm³/mol. The second-order valence-electron chi connectivity index (χ2n) is 5.94. The lowest BCUT2D eigenvalue weighted by molar-refractivity contribution is -0.134. The van der Waals surface area contributed by atoms with Gasteiger partial charge in [0.15, 0.2) is 0 Å². The fourth-order valence-electron chi connectivity index (χ4n) is 2.53. The normalized spacial score (nSPS) is 15.5. The molecule has 1 aliphatic heterocycles. The summed E-state index contributed by atoms with van der Waals surface area (Å²) >= 11 is 0. The molecule has 5 nitrogen and oxygen atoms in total. The summed E-state index contributed by atoms with van der Waals surface area (Å²) < 4.78 is 12.8. The number of piperazine rings is 1. The van der Waals surface area contributed by atoms with Gasteiger partial charge in [0.1, 0.15) is 5.82 Å². The second-order valence-corrected chi connectivity index (χ2v) is 5.94. The van der Waals surface area contributed by atoms with E-state index in [1.807, 2.05) is 7.05 Å². The molecule has 0 saturated carbocycles. The highest BCUT2D eigenvalue weighted by Gasteiger charge is 2.19.